The number of hydrogen-bond acceptors (Lipinski definition) is 2. The molecular weight excluding hydrogens is 234 g/mol. The maximum absolute atomic E-state index is 11.8. The molecule has 2 atom stereocenters. The molecule has 0 N–H and O–H groups in total. The third-order valence-electron chi connectivity index (χ3n) is 3.58. The summed E-state index contributed by atoms with van der Waals surface area (Å²) in [6, 6.07) is 0. The zero-order valence-electron chi connectivity index (χ0n) is 12.2. The van der Waals surface area contributed by atoms with Crippen molar-refractivity contribution >= 4 is 10.0 Å². The van der Waals surface area contributed by atoms with Crippen LogP contribution in [0.15, 0.2) is 0 Å². The largest absolute Gasteiger partial charge is 0.212 e. The summed E-state index contributed by atoms with van der Waals surface area (Å²) >= 11 is 0. The smallest absolute Gasteiger partial charge is 0.211 e. The van der Waals surface area contributed by atoms with Crippen molar-refractivity contribution in [3.05, 3.63) is 0 Å². The second-order valence-corrected chi connectivity index (χ2v) is 9.34. The van der Waals surface area contributed by atoms with Gasteiger partial charge >= 0.3 is 0 Å². The van der Waals surface area contributed by atoms with Crippen molar-refractivity contribution in [3.63, 3.8) is 0 Å². The van der Waals surface area contributed by atoms with Gasteiger partial charge in [0.05, 0.1) is 6.26 Å². The molecule has 4 heteroatoms. The second-order valence-electron chi connectivity index (χ2n) is 7.43. The SMILES string of the molecule is CC(C)(C)C1CC1CN(C(C)(C)C)S(C)(=O)=O. The van der Waals surface area contributed by atoms with E-state index in [0.717, 1.165) is 6.42 Å². The summed E-state index contributed by atoms with van der Waals surface area (Å²) in [5.74, 6) is 1.19. The minimum Gasteiger partial charge on any atom is -0.212 e. The van der Waals surface area contributed by atoms with Crippen LogP contribution in [0.2, 0.25) is 0 Å². The molecule has 0 amide bonds. The van der Waals surface area contributed by atoms with Crippen molar-refractivity contribution in [1.82, 2.24) is 4.31 Å². The molecule has 1 saturated carbocycles. The summed E-state index contributed by atoms with van der Waals surface area (Å²) in [5.41, 5.74) is -0.0235. The van der Waals surface area contributed by atoms with Gasteiger partial charge in [0.1, 0.15) is 0 Å². The van der Waals surface area contributed by atoms with Gasteiger partial charge in [0.15, 0.2) is 0 Å². The normalized spacial score (nSPS) is 26.4. The van der Waals surface area contributed by atoms with Crippen molar-refractivity contribution < 1.29 is 8.42 Å². The van der Waals surface area contributed by atoms with E-state index >= 15 is 0 Å². The summed E-state index contributed by atoms with van der Waals surface area (Å²) in [7, 11) is -3.11. The van der Waals surface area contributed by atoms with Gasteiger partial charge in [-0.25, -0.2) is 8.42 Å². The maximum Gasteiger partial charge on any atom is 0.211 e. The molecule has 1 aliphatic rings. The Morgan fingerprint density at radius 1 is 1.12 bits per heavy atom. The minimum absolute atomic E-state index is 0.297. The van der Waals surface area contributed by atoms with Crippen LogP contribution < -0.4 is 0 Å². The molecule has 0 radical (unpaired) electrons. The molecule has 0 saturated heterocycles. The lowest BCUT2D eigenvalue weighted by molar-refractivity contribution is 0.226. The van der Waals surface area contributed by atoms with Gasteiger partial charge in [0.25, 0.3) is 0 Å². The molecule has 17 heavy (non-hydrogen) atoms. The van der Waals surface area contributed by atoms with E-state index in [1.165, 1.54) is 6.26 Å². The highest BCUT2D eigenvalue weighted by atomic mass is 32.2. The maximum atomic E-state index is 11.8. The lowest BCUT2D eigenvalue weighted by atomic mass is 9.89. The van der Waals surface area contributed by atoms with Crippen LogP contribution in [-0.4, -0.2) is 31.1 Å². The third-order valence-corrected chi connectivity index (χ3v) is 5.08. The van der Waals surface area contributed by atoms with Crippen LogP contribution in [0.5, 0.6) is 0 Å². The molecule has 0 aliphatic heterocycles. The molecule has 0 aromatic heterocycles. The average Bonchev–Trinajstić information content (AvgIpc) is 2.72. The van der Waals surface area contributed by atoms with Gasteiger partial charge in [-0.15, -0.1) is 0 Å². The van der Waals surface area contributed by atoms with Gasteiger partial charge in [-0.1, -0.05) is 20.8 Å². The fraction of sp³-hybridized carbons (Fsp3) is 1.00. The van der Waals surface area contributed by atoms with E-state index in [1.54, 1.807) is 4.31 Å². The lowest BCUT2D eigenvalue weighted by Gasteiger charge is -2.34. The van der Waals surface area contributed by atoms with Gasteiger partial charge in [-0.2, -0.15) is 4.31 Å². The van der Waals surface area contributed by atoms with Crippen LogP contribution in [-0.2, 0) is 10.0 Å². The molecule has 0 aromatic carbocycles. The van der Waals surface area contributed by atoms with E-state index in [4.69, 9.17) is 0 Å². The number of hydrogen-bond donors (Lipinski definition) is 0. The second kappa shape index (κ2) is 4.23. The molecule has 1 aliphatic carbocycles. The summed E-state index contributed by atoms with van der Waals surface area (Å²) in [6.45, 7) is 13.3. The Morgan fingerprint density at radius 2 is 1.59 bits per heavy atom. The van der Waals surface area contributed by atoms with Crippen molar-refractivity contribution in [1.29, 1.82) is 0 Å². The Morgan fingerprint density at radius 3 is 1.82 bits per heavy atom. The lowest BCUT2D eigenvalue weighted by Crippen LogP contribution is -2.46. The van der Waals surface area contributed by atoms with Gasteiger partial charge in [-0.3, -0.25) is 0 Å². The highest BCUT2D eigenvalue weighted by Gasteiger charge is 2.47. The first-order valence-electron chi connectivity index (χ1n) is 6.31. The first-order chi connectivity index (χ1) is 7.33. The molecule has 102 valence electrons. The molecule has 2 unspecified atom stereocenters. The molecule has 0 spiro atoms. The van der Waals surface area contributed by atoms with E-state index in [-0.39, 0.29) is 5.54 Å². The van der Waals surface area contributed by atoms with Crippen LogP contribution in [0.25, 0.3) is 0 Å². The number of rotatable bonds is 3. The van der Waals surface area contributed by atoms with E-state index < -0.39 is 10.0 Å². The van der Waals surface area contributed by atoms with E-state index in [2.05, 4.69) is 20.8 Å². The minimum atomic E-state index is -3.11. The molecule has 3 nitrogen and oxygen atoms in total. The van der Waals surface area contributed by atoms with E-state index in [9.17, 15) is 8.42 Å². The predicted molar refractivity (Wildman–Crippen MR) is 72.4 cm³/mol. The Hall–Kier alpha value is -0.0900. The Bertz CT molecular complexity index is 373. The third kappa shape index (κ3) is 3.95. The van der Waals surface area contributed by atoms with Crippen molar-refractivity contribution in [2.75, 3.05) is 12.8 Å². The summed E-state index contributed by atoms with van der Waals surface area (Å²) in [6.07, 6.45) is 2.47. The first kappa shape index (κ1) is 15.0. The van der Waals surface area contributed by atoms with Crippen LogP contribution in [0.3, 0.4) is 0 Å². The van der Waals surface area contributed by atoms with Crippen molar-refractivity contribution in [2.45, 2.75) is 53.5 Å². The van der Waals surface area contributed by atoms with Crippen LogP contribution in [0, 0.1) is 17.3 Å². The quantitative estimate of drug-likeness (QED) is 0.783. The summed E-state index contributed by atoms with van der Waals surface area (Å²) in [5, 5.41) is 0. The van der Waals surface area contributed by atoms with Crippen LogP contribution in [0.1, 0.15) is 48.0 Å². The molecule has 1 rings (SSSR count). The fourth-order valence-corrected chi connectivity index (χ4v) is 4.09. The Labute approximate surface area is 107 Å². The standard InChI is InChI=1S/C13H27NO2S/c1-12(2,3)11-8-10(11)9-14(13(4,5)6)17(7,15)16/h10-11H,8-9H2,1-7H3. The summed E-state index contributed by atoms with van der Waals surface area (Å²) < 4.78 is 25.3. The highest BCUT2D eigenvalue weighted by Crippen LogP contribution is 2.51. The molecule has 0 bridgehead atoms. The van der Waals surface area contributed by atoms with E-state index in [1.807, 2.05) is 20.8 Å². The Kier molecular flexibility index (Phi) is 3.73. The highest BCUT2D eigenvalue weighted by molar-refractivity contribution is 7.88. The average molecular weight is 261 g/mol. The van der Waals surface area contributed by atoms with Crippen LogP contribution in [0.4, 0.5) is 0 Å². The van der Waals surface area contributed by atoms with Gasteiger partial charge in [-0.05, 0) is 44.4 Å². The molecule has 0 aromatic rings. The van der Waals surface area contributed by atoms with Crippen molar-refractivity contribution in [2.24, 2.45) is 17.3 Å². The fourth-order valence-electron chi connectivity index (χ4n) is 2.63. The molecular formula is C13H27NO2S. The van der Waals surface area contributed by atoms with Crippen molar-refractivity contribution in [3.8, 4) is 0 Å². The van der Waals surface area contributed by atoms with Gasteiger partial charge in [0.2, 0.25) is 10.0 Å². The van der Waals surface area contributed by atoms with Gasteiger partial charge < -0.3 is 0 Å². The zero-order valence-corrected chi connectivity index (χ0v) is 13.1. The predicted octanol–water partition coefficient (Wildman–Crippen LogP) is 2.73. The Balaban J connectivity index is 2.73. The van der Waals surface area contributed by atoms with Crippen LogP contribution >= 0.6 is 0 Å². The zero-order chi connectivity index (χ0) is 13.6. The number of sulfonamides is 1. The number of nitrogens with zero attached hydrogens (tertiary/aromatic N) is 1. The monoisotopic (exact) mass is 261 g/mol. The molecule has 0 heterocycles. The topological polar surface area (TPSA) is 37.4 Å². The first-order valence-corrected chi connectivity index (χ1v) is 8.16. The van der Waals surface area contributed by atoms with E-state index in [0.29, 0.717) is 23.8 Å². The molecule has 1 fully saturated rings. The summed E-state index contributed by atoms with van der Waals surface area (Å²) in [4.78, 5) is 0. The van der Waals surface area contributed by atoms with Gasteiger partial charge in [0, 0.05) is 12.1 Å².